The highest BCUT2D eigenvalue weighted by Gasteiger charge is 2.58. The molecule has 1 amide bonds. The van der Waals surface area contributed by atoms with Crippen LogP contribution in [-0.2, 0) is 16.1 Å². The zero-order chi connectivity index (χ0) is 29.1. The number of aromatic nitrogens is 1. The van der Waals surface area contributed by atoms with E-state index in [9.17, 15) is 14.7 Å². The number of pyridine rings is 1. The Morgan fingerprint density at radius 1 is 1.02 bits per heavy atom. The molecule has 222 valence electrons. The van der Waals surface area contributed by atoms with Gasteiger partial charge in [-0.1, -0.05) is 83.2 Å². The van der Waals surface area contributed by atoms with Crippen molar-refractivity contribution in [3.8, 4) is 5.75 Å². The topological polar surface area (TPSA) is 91.8 Å². The third-order valence-corrected chi connectivity index (χ3v) is 9.76. The van der Waals surface area contributed by atoms with Crippen molar-refractivity contribution in [1.82, 2.24) is 15.2 Å². The van der Waals surface area contributed by atoms with Crippen molar-refractivity contribution in [1.29, 1.82) is 0 Å². The standard InChI is InChI=1S/C34H47N3O4/c1-34(2,3)28-29(36-20-25-19-26(22-13-11-12-14-22)35-21-27(25)41-4)30(23-15-7-5-8-16-23)37(31(28)33(39)40)32(38)24-17-9-6-10-18-24/h5,7-8,15-16,19,21-22,24,28-31,36H,6,9-14,17-18,20H2,1-4H3,(H,39,40)/t28-,29-,30-,31-/m0/s1. The fourth-order valence-electron chi connectivity index (χ4n) is 7.79. The minimum atomic E-state index is -0.927. The first-order valence-electron chi connectivity index (χ1n) is 15.6. The van der Waals surface area contributed by atoms with Gasteiger partial charge in [0, 0.05) is 41.6 Å². The summed E-state index contributed by atoms with van der Waals surface area (Å²) in [6.07, 6.45) is 11.5. The SMILES string of the molecule is COc1cnc(C2CCCC2)cc1CN[C@H]1[C@H](C(C)(C)C)[C@@H](C(=O)O)N(C(=O)C2CCCCC2)[C@H]1c1ccccc1. The minimum Gasteiger partial charge on any atom is -0.495 e. The Morgan fingerprint density at radius 3 is 2.29 bits per heavy atom. The predicted octanol–water partition coefficient (Wildman–Crippen LogP) is 6.49. The molecule has 2 heterocycles. The molecule has 3 aliphatic rings. The summed E-state index contributed by atoms with van der Waals surface area (Å²) in [7, 11) is 1.67. The molecular weight excluding hydrogens is 514 g/mol. The van der Waals surface area contributed by atoms with Crippen LogP contribution in [0.1, 0.15) is 107 Å². The number of aliphatic carboxylic acids is 1. The van der Waals surface area contributed by atoms with Crippen LogP contribution in [-0.4, -0.2) is 46.1 Å². The largest absolute Gasteiger partial charge is 0.495 e. The van der Waals surface area contributed by atoms with Crippen molar-refractivity contribution in [2.24, 2.45) is 17.3 Å². The molecule has 1 aromatic carbocycles. The molecule has 1 aromatic heterocycles. The zero-order valence-corrected chi connectivity index (χ0v) is 25.1. The van der Waals surface area contributed by atoms with E-state index in [1.54, 1.807) is 12.0 Å². The monoisotopic (exact) mass is 561 g/mol. The maximum absolute atomic E-state index is 14.3. The van der Waals surface area contributed by atoms with Gasteiger partial charge in [0.15, 0.2) is 0 Å². The Hall–Kier alpha value is -2.93. The first-order chi connectivity index (χ1) is 19.7. The lowest BCUT2D eigenvalue weighted by atomic mass is 9.72. The van der Waals surface area contributed by atoms with Crippen LogP contribution in [0.15, 0.2) is 42.6 Å². The number of carbonyl (C=O) groups excluding carboxylic acids is 1. The molecule has 7 heteroatoms. The summed E-state index contributed by atoms with van der Waals surface area (Å²) in [5, 5.41) is 14.5. The van der Waals surface area contributed by atoms with Crippen LogP contribution >= 0.6 is 0 Å². The van der Waals surface area contributed by atoms with Crippen molar-refractivity contribution in [3.05, 3.63) is 59.4 Å². The molecule has 2 saturated carbocycles. The summed E-state index contributed by atoms with van der Waals surface area (Å²) in [6.45, 7) is 6.81. The Bertz CT molecular complexity index is 1200. The molecule has 0 spiro atoms. The second kappa shape index (κ2) is 12.5. The first-order valence-corrected chi connectivity index (χ1v) is 15.6. The van der Waals surface area contributed by atoms with Gasteiger partial charge in [-0.25, -0.2) is 4.79 Å². The molecule has 4 atom stereocenters. The normalized spacial score (nSPS) is 25.9. The highest BCUT2D eigenvalue weighted by Crippen LogP contribution is 2.49. The van der Waals surface area contributed by atoms with Crippen LogP contribution in [0.3, 0.4) is 0 Å². The number of likely N-dealkylation sites (tertiary alicyclic amines) is 1. The molecule has 2 aliphatic carbocycles. The molecule has 2 N–H and O–H groups in total. The van der Waals surface area contributed by atoms with Gasteiger partial charge in [0.2, 0.25) is 5.91 Å². The number of ether oxygens (including phenoxy) is 1. The van der Waals surface area contributed by atoms with E-state index in [4.69, 9.17) is 9.72 Å². The van der Waals surface area contributed by atoms with E-state index in [0.29, 0.717) is 12.5 Å². The van der Waals surface area contributed by atoms with Gasteiger partial charge in [-0.15, -0.1) is 0 Å². The van der Waals surface area contributed by atoms with Gasteiger partial charge in [-0.05, 0) is 42.7 Å². The third-order valence-electron chi connectivity index (χ3n) is 9.76. The second-order valence-electron chi connectivity index (χ2n) is 13.4. The number of benzene rings is 1. The number of carboxylic acid groups (broad SMARTS) is 1. The van der Waals surface area contributed by atoms with Crippen molar-refractivity contribution < 1.29 is 19.4 Å². The molecule has 0 bridgehead atoms. The fourth-order valence-corrected chi connectivity index (χ4v) is 7.79. The molecule has 41 heavy (non-hydrogen) atoms. The number of methoxy groups -OCH3 is 1. The molecule has 0 unspecified atom stereocenters. The number of hydrogen-bond donors (Lipinski definition) is 2. The van der Waals surface area contributed by atoms with E-state index in [0.717, 1.165) is 67.5 Å². The summed E-state index contributed by atoms with van der Waals surface area (Å²) in [5.41, 5.74) is 2.73. The summed E-state index contributed by atoms with van der Waals surface area (Å²) in [4.78, 5) is 33.9. The van der Waals surface area contributed by atoms with Gasteiger partial charge in [0.1, 0.15) is 11.8 Å². The lowest BCUT2D eigenvalue weighted by Gasteiger charge is -2.36. The lowest BCUT2D eigenvalue weighted by molar-refractivity contribution is -0.154. The van der Waals surface area contributed by atoms with Crippen LogP contribution in [0.4, 0.5) is 0 Å². The molecule has 7 nitrogen and oxygen atoms in total. The number of rotatable bonds is 8. The molecule has 1 aliphatic heterocycles. The van der Waals surface area contributed by atoms with Crippen LogP contribution in [0, 0.1) is 17.3 Å². The van der Waals surface area contributed by atoms with Crippen LogP contribution in [0.2, 0.25) is 0 Å². The second-order valence-corrected chi connectivity index (χ2v) is 13.4. The van der Waals surface area contributed by atoms with Crippen molar-refractivity contribution >= 4 is 11.9 Å². The van der Waals surface area contributed by atoms with E-state index in [-0.39, 0.29) is 29.2 Å². The Labute approximate surface area is 245 Å². The van der Waals surface area contributed by atoms with Crippen molar-refractivity contribution in [2.75, 3.05) is 7.11 Å². The highest BCUT2D eigenvalue weighted by molar-refractivity contribution is 5.87. The van der Waals surface area contributed by atoms with Gasteiger partial charge in [-0.3, -0.25) is 9.78 Å². The van der Waals surface area contributed by atoms with Crippen LogP contribution in [0.25, 0.3) is 0 Å². The summed E-state index contributed by atoms with van der Waals surface area (Å²) < 4.78 is 5.72. The molecule has 1 saturated heterocycles. The summed E-state index contributed by atoms with van der Waals surface area (Å²) in [6, 6.07) is 10.6. The Morgan fingerprint density at radius 2 is 1.68 bits per heavy atom. The maximum Gasteiger partial charge on any atom is 0.326 e. The molecule has 5 rings (SSSR count). The number of hydrogen-bond acceptors (Lipinski definition) is 5. The van der Waals surface area contributed by atoms with Gasteiger partial charge in [0.05, 0.1) is 19.3 Å². The quantitative estimate of drug-likeness (QED) is 0.383. The van der Waals surface area contributed by atoms with E-state index >= 15 is 0 Å². The van der Waals surface area contributed by atoms with E-state index in [1.165, 1.54) is 12.8 Å². The van der Waals surface area contributed by atoms with Crippen molar-refractivity contribution in [3.63, 3.8) is 0 Å². The molecule has 0 radical (unpaired) electrons. The minimum absolute atomic E-state index is 0.00508. The first kappa shape index (κ1) is 29.6. The van der Waals surface area contributed by atoms with Gasteiger partial charge >= 0.3 is 5.97 Å². The Balaban J connectivity index is 1.55. The number of carbonyl (C=O) groups is 2. The average molecular weight is 562 g/mol. The smallest absolute Gasteiger partial charge is 0.326 e. The van der Waals surface area contributed by atoms with Crippen LogP contribution in [0.5, 0.6) is 5.75 Å². The summed E-state index contributed by atoms with van der Waals surface area (Å²) in [5.74, 6) is -0.152. The van der Waals surface area contributed by atoms with Crippen molar-refractivity contribution in [2.45, 2.75) is 109 Å². The average Bonchev–Trinajstić information content (AvgIpc) is 3.63. The molecular formula is C34H47N3O4. The predicted molar refractivity (Wildman–Crippen MR) is 160 cm³/mol. The Kier molecular flexibility index (Phi) is 9.03. The van der Waals surface area contributed by atoms with Crippen LogP contribution < -0.4 is 10.1 Å². The number of nitrogens with zero attached hydrogens (tertiary/aromatic N) is 2. The zero-order valence-electron chi connectivity index (χ0n) is 25.1. The summed E-state index contributed by atoms with van der Waals surface area (Å²) >= 11 is 0. The van der Waals surface area contributed by atoms with Gasteiger partial charge in [0.25, 0.3) is 0 Å². The molecule has 2 aromatic rings. The van der Waals surface area contributed by atoms with E-state index in [2.05, 4.69) is 32.2 Å². The number of carboxylic acids is 1. The van der Waals surface area contributed by atoms with E-state index < -0.39 is 18.1 Å². The lowest BCUT2D eigenvalue weighted by Crippen LogP contribution is -2.49. The molecule has 3 fully saturated rings. The third kappa shape index (κ3) is 6.15. The van der Waals surface area contributed by atoms with E-state index in [1.807, 2.05) is 36.5 Å². The van der Waals surface area contributed by atoms with Gasteiger partial charge < -0.3 is 20.1 Å². The van der Waals surface area contributed by atoms with Gasteiger partial charge in [-0.2, -0.15) is 0 Å². The number of nitrogens with one attached hydrogen (secondary N) is 1. The number of amides is 1. The maximum atomic E-state index is 14.3. The fraction of sp³-hybridized carbons (Fsp3) is 0.618. The highest BCUT2D eigenvalue weighted by atomic mass is 16.5.